The van der Waals surface area contributed by atoms with Crippen LogP contribution < -0.4 is 5.73 Å². The number of hydrogen-bond donors (Lipinski definition) is 1. The Morgan fingerprint density at radius 3 is 2.75 bits per heavy atom. The van der Waals surface area contributed by atoms with Crippen molar-refractivity contribution in [3.63, 3.8) is 0 Å². The smallest absolute Gasteiger partial charge is 0.112 e. The summed E-state index contributed by atoms with van der Waals surface area (Å²) in [4.78, 5) is 4.62. The van der Waals surface area contributed by atoms with Crippen LogP contribution in [0.3, 0.4) is 0 Å². The molecule has 0 spiro atoms. The summed E-state index contributed by atoms with van der Waals surface area (Å²) in [6, 6.07) is 0.340. The van der Waals surface area contributed by atoms with Crippen LogP contribution in [0.2, 0.25) is 0 Å². The van der Waals surface area contributed by atoms with E-state index in [1.165, 1.54) is 37.2 Å². The number of rotatable bonds is 1. The first-order valence-electron chi connectivity index (χ1n) is 6.14. The molecule has 0 aromatic carbocycles. The van der Waals surface area contributed by atoms with Gasteiger partial charge in [0.25, 0.3) is 0 Å². The lowest BCUT2D eigenvalue weighted by molar-refractivity contribution is 0.437. The zero-order valence-corrected chi connectivity index (χ0v) is 10.4. The van der Waals surface area contributed by atoms with E-state index in [1.54, 1.807) is 0 Å². The fourth-order valence-corrected chi connectivity index (χ4v) is 3.01. The van der Waals surface area contributed by atoms with Crippen molar-refractivity contribution in [2.75, 3.05) is 0 Å². The number of fused-ring (bicyclic) bond motifs is 1. The molecular formula is C12H20ClN3. The van der Waals surface area contributed by atoms with Crippen LogP contribution in [0.25, 0.3) is 0 Å². The first-order chi connectivity index (χ1) is 7.34. The summed E-state index contributed by atoms with van der Waals surface area (Å²) in [6.07, 6.45) is 9.70. The van der Waals surface area contributed by atoms with E-state index in [0.717, 1.165) is 19.4 Å². The van der Waals surface area contributed by atoms with Gasteiger partial charge in [-0.05, 0) is 25.7 Å². The van der Waals surface area contributed by atoms with Crippen LogP contribution in [-0.2, 0) is 13.0 Å². The lowest BCUT2D eigenvalue weighted by Crippen LogP contribution is -2.32. The molecule has 1 aromatic heterocycles. The summed E-state index contributed by atoms with van der Waals surface area (Å²) in [7, 11) is 0. The molecule has 1 aliphatic heterocycles. The average molecular weight is 242 g/mol. The third-order valence-corrected chi connectivity index (χ3v) is 3.88. The molecule has 3 rings (SSSR count). The zero-order valence-electron chi connectivity index (χ0n) is 9.56. The Hall–Kier alpha value is -0.540. The van der Waals surface area contributed by atoms with Gasteiger partial charge in [0, 0.05) is 30.4 Å². The van der Waals surface area contributed by atoms with E-state index in [-0.39, 0.29) is 12.4 Å². The summed E-state index contributed by atoms with van der Waals surface area (Å²) in [5, 5.41) is 0. The van der Waals surface area contributed by atoms with E-state index < -0.39 is 0 Å². The molecule has 0 radical (unpaired) electrons. The number of hydrogen-bond acceptors (Lipinski definition) is 2. The minimum atomic E-state index is 0. The molecule has 4 heteroatoms. The average Bonchev–Trinajstić information content (AvgIpc) is 2.83. The molecule has 16 heavy (non-hydrogen) atoms. The van der Waals surface area contributed by atoms with Crippen LogP contribution in [0, 0.1) is 0 Å². The minimum absolute atomic E-state index is 0. The maximum atomic E-state index is 6.03. The standard InChI is InChI=1S/C12H19N3.ClH/c13-10-5-6-11-7-14-12(15(11)8-10)9-3-1-2-4-9;/h7,9-10H,1-6,8,13H2;1H. The molecule has 0 amide bonds. The van der Waals surface area contributed by atoms with Gasteiger partial charge in [0.2, 0.25) is 0 Å². The van der Waals surface area contributed by atoms with Gasteiger partial charge in [-0.25, -0.2) is 4.98 Å². The van der Waals surface area contributed by atoms with Gasteiger partial charge in [0.05, 0.1) is 0 Å². The van der Waals surface area contributed by atoms with Crippen molar-refractivity contribution in [1.29, 1.82) is 0 Å². The topological polar surface area (TPSA) is 43.8 Å². The summed E-state index contributed by atoms with van der Waals surface area (Å²) in [6.45, 7) is 0.987. The van der Waals surface area contributed by atoms with Crippen molar-refractivity contribution >= 4 is 12.4 Å². The van der Waals surface area contributed by atoms with Crippen molar-refractivity contribution < 1.29 is 0 Å². The number of aromatic nitrogens is 2. The van der Waals surface area contributed by atoms with E-state index in [2.05, 4.69) is 15.7 Å². The number of aryl methyl sites for hydroxylation is 1. The van der Waals surface area contributed by atoms with E-state index in [4.69, 9.17) is 5.73 Å². The number of nitrogens with two attached hydrogens (primary N) is 1. The van der Waals surface area contributed by atoms with Crippen molar-refractivity contribution in [2.45, 2.75) is 57.0 Å². The quantitative estimate of drug-likeness (QED) is 0.820. The number of nitrogens with zero attached hydrogens (tertiary/aromatic N) is 2. The Labute approximate surface area is 103 Å². The molecule has 0 bridgehead atoms. The van der Waals surface area contributed by atoms with Crippen molar-refractivity contribution in [2.24, 2.45) is 5.73 Å². The molecule has 2 heterocycles. The van der Waals surface area contributed by atoms with Gasteiger partial charge in [0.1, 0.15) is 5.82 Å². The normalized spacial score (nSPS) is 25.2. The van der Waals surface area contributed by atoms with E-state index in [1.807, 2.05) is 0 Å². The van der Waals surface area contributed by atoms with Gasteiger partial charge in [-0.3, -0.25) is 0 Å². The Bertz CT molecular complexity index is 355. The Balaban J connectivity index is 0.000000963. The predicted octanol–water partition coefficient (Wildman–Crippen LogP) is 2.24. The van der Waals surface area contributed by atoms with Gasteiger partial charge < -0.3 is 10.3 Å². The fraction of sp³-hybridized carbons (Fsp3) is 0.750. The van der Waals surface area contributed by atoms with Crippen molar-refractivity contribution in [1.82, 2.24) is 9.55 Å². The molecule has 2 aliphatic rings. The highest BCUT2D eigenvalue weighted by molar-refractivity contribution is 5.85. The molecule has 1 aliphatic carbocycles. The van der Waals surface area contributed by atoms with Crippen LogP contribution in [0.15, 0.2) is 6.20 Å². The highest BCUT2D eigenvalue weighted by Gasteiger charge is 2.25. The monoisotopic (exact) mass is 241 g/mol. The van der Waals surface area contributed by atoms with Crippen LogP contribution in [0.5, 0.6) is 0 Å². The van der Waals surface area contributed by atoms with Crippen LogP contribution >= 0.6 is 12.4 Å². The molecule has 1 unspecified atom stereocenters. The van der Waals surface area contributed by atoms with Crippen LogP contribution in [0.4, 0.5) is 0 Å². The Morgan fingerprint density at radius 1 is 1.25 bits per heavy atom. The molecule has 2 N–H and O–H groups in total. The second-order valence-electron chi connectivity index (χ2n) is 5.00. The van der Waals surface area contributed by atoms with Crippen LogP contribution in [0.1, 0.15) is 49.5 Å². The molecule has 1 aromatic rings. The fourth-order valence-electron chi connectivity index (χ4n) is 3.01. The number of imidazole rings is 1. The molecule has 3 nitrogen and oxygen atoms in total. The lowest BCUT2D eigenvalue weighted by Gasteiger charge is -2.23. The zero-order chi connectivity index (χ0) is 10.3. The predicted molar refractivity (Wildman–Crippen MR) is 67.0 cm³/mol. The molecule has 90 valence electrons. The number of halogens is 1. The maximum absolute atomic E-state index is 6.03. The summed E-state index contributed by atoms with van der Waals surface area (Å²) >= 11 is 0. The minimum Gasteiger partial charge on any atom is -0.330 e. The highest BCUT2D eigenvalue weighted by Crippen LogP contribution is 2.34. The summed E-state index contributed by atoms with van der Waals surface area (Å²) in [5.74, 6) is 2.03. The largest absolute Gasteiger partial charge is 0.330 e. The third kappa shape index (κ3) is 1.98. The molecule has 1 fully saturated rings. The van der Waals surface area contributed by atoms with E-state index >= 15 is 0 Å². The second-order valence-corrected chi connectivity index (χ2v) is 5.00. The molecule has 0 saturated heterocycles. The van der Waals surface area contributed by atoms with Gasteiger partial charge >= 0.3 is 0 Å². The maximum Gasteiger partial charge on any atom is 0.112 e. The molecular weight excluding hydrogens is 222 g/mol. The second kappa shape index (κ2) is 4.76. The van der Waals surface area contributed by atoms with Crippen molar-refractivity contribution in [3.05, 3.63) is 17.7 Å². The van der Waals surface area contributed by atoms with E-state index in [9.17, 15) is 0 Å². The van der Waals surface area contributed by atoms with Gasteiger partial charge in [-0.15, -0.1) is 12.4 Å². The highest BCUT2D eigenvalue weighted by atomic mass is 35.5. The SMILES string of the molecule is Cl.NC1CCc2cnc(C3CCCC3)n2C1. The Kier molecular flexibility index (Phi) is 3.55. The lowest BCUT2D eigenvalue weighted by atomic mass is 10.0. The molecule has 1 atom stereocenters. The van der Waals surface area contributed by atoms with Crippen molar-refractivity contribution in [3.8, 4) is 0 Å². The molecule has 1 saturated carbocycles. The first-order valence-corrected chi connectivity index (χ1v) is 6.14. The van der Waals surface area contributed by atoms with E-state index in [0.29, 0.717) is 12.0 Å². The van der Waals surface area contributed by atoms with Gasteiger partial charge in [0.15, 0.2) is 0 Å². The first kappa shape index (κ1) is 11.9. The third-order valence-electron chi connectivity index (χ3n) is 3.88. The van der Waals surface area contributed by atoms with Gasteiger partial charge in [-0.1, -0.05) is 12.8 Å². The van der Waals surface area contributed by atoms with Crippen LogP contribution in [-0.4, -0.2) is 15.6 Å². The summed E-state index contributed by atoms with van der Waals surface area (Å²) < 4.78 is 2.39. The van der Waals surface area contributed by atoms with Gasteiger partial charge in [-0.2, -0.15) is 0 Å². The summed E-state index contributed by atoms with van der Waals surface area (Å²) in [5.41, 5.74) is 7.43. The Morgan fingerprint density at radius 2 is 2.00 bits per heavy atom.